The molecule has 2 N–H and O–H groups in total. The maximum absolute atomic E-state index is 12.9. The maximum atomic E-state index is 12.9. The van der Waals surface area contributed by atoms with E-state index in [0.717, 1.165) is 24.0 Å². The van der Waals surface area contributed by atoms with Crippen LogP contribution in [0.1, 0.15) is 21.5 Å². The Bertz CT molecular complexity index is 1170. The van der Waals surface area contributed by atoms with Crippen molar-refractivity contribution < 1.29 is 19.4 Å². The lowest BCUT2D eigenvalue weighted by Crippen LogP contribution is -2.37. The van der Waals surface area contributed by atoms with E-state index in [1.807, 2.05) is 36.4 Å². The minimum Gasteiger partial charge on any atom is -0.497 e. The summed E-state index contributed by atoms with van der Waals surface area (Å²) in [6, 6.07) is 12.8. The van der Waals surface area contributed by atoms with Gasteiger partial charge in [0.05, 0.1) is 24.0 Å². The van der Waals surface area contributed by atoms with Gasteiger partial charge in [0.2, 0.25) is 11.2 Å². The van der Waals surface area contributed by atoms with Gasteiger partial charge in [0.15, 0.2) is 0 Å². The molecule has 0 saturated heterocycles. The quantitative estimate of drug-likeness (QED) is 0.515. The van der Waals surface area contributed by atoms with Gasteiger partial charge in [0.1, 0.15) is 12.3 Å². The number of nitrogens with zero attached hydrogens (tertiary/aromatic N) is 3. The Morgan fingerprint density at radius 3 is 2.76 bits per heavy atom. The van der Waals surface area contributed by atoms with Crippen LogP contribution in [-0.2, 0) is 17.9 Å². The molecule has 0 bridgehead atoms. The lowest BCUT2D eigenvalue weighted by molar-refractivity contribution is -0.122. The van der Waals surface area contributed by atoms with Crippen LogP contribution in [0.25, 0.3) is 11.3 Å². The molecule has 0 saturated carbocycles. The van der Waals surface area contributed by atoms with Crippen LogP contribution < -0.4 is 10.1 Å². The van der Waals surface area contributed by atoms with Crippen LogP contribution >= 0.6 is 23.2 Å². The number of hydrogen-bond acceptors (Lipinski definition) is 6. The van der Waals surface area contributed by atoms with E-state index in [1.165, 1.54) is 11.1 Å². The van der Waals surface area contributed by atoms with Crippen molar-refractivity contribution in [2.75, 3.05) is 20.8 Å². The average molecular weight is 489 g/mol. The number of amides is 2. The van der Waals surface area contributed by atoms with Crippen LogP contribution in [0.3, 0.4) is 0 Å². The van der Waals surface area contributed by atoms with E-state index in [4.69, 9.17) is 33.0 Å². The zero-order chi connectivity index (χ0) is 24.0. The van der Waals surface area contributed by atoms with Crippen molar-refractivity contribution in [2.24, 2.45) is 0 Å². The molecule has 0 fully saturated rings. The van der Waals surface area contributed by atoms with E-state index in [0.29, 0.717) is 34.9 Å². The second-order valence-corrected chi connectivity index (χ2v) is 7.74. The number of ether oxygens (including phenoxy) is 1. The average Bonchev–Trinajstić information content (AvgIpc) is 3.15. The minimum atomic E-state index is -0.241. The summed E-state index contributed by atoms with van der Waals surface area (Å²) in [7, 11) is 2.59. The largest absolute Gasteiger partial charge is 0.497 e. The predicted octanol–water partition coefficient (Wildman–Crippen LogP) is 3.34. The highest BCUT2D eigenvalue weighted by Crippen LogP contribution is 2.31. The molecule has 0 spiro atoms. The first-order chi connectivity index (χ1) is 15.9. The van der Waals surface area contributed by atoms with Gasteiger partial charge < -0.3 is 20.1 Å². The molecular formula is C23H22Cl2N4O4. The second kappa shape index (κ2) is 11.1. The standard InChI is InChI=1S/C22H18Cl2N4O3.CH4O/c1-31-16-4-2-3-13(7-16)9-25-19(29)12-28-11-15-6-5-14(8-17(15)21(28)30)20-18(23)10-26-22(24)27-20;1-2/h2-8,10H,9,11-12H2,1H3,(H,25,29);2H,1H3. The van der Waals surface area contributed by atoms with Gasteiger partial charge in [-0.3, -0.25) is 9.59 Å². The Morgan fingerprint density at radius 2 is 2.00 bits per heavy atom. The van der Waals surface area contributed by atoms with Crippen LogP contribution in [0, 0.1) is 0 Å². The highest BCUT2D eigenvalue weighted by atomic mass is 35.5. The Hall–Kier alpha value is -3.20. The summed E-state index contributed by atoms with van der Waals surface area (Å²) in [6.45, 7) is 0.675. The van der Waals surface area contributed by atoms with Gasteiger partial charge >= 0.3 is 0 Å². The van der Waals surface area contributed by atoms with Crippen molar-refractivity contribution in [3.63, 3.8) is 0 Å². The third-order valence-electron chi connectivity index (χ3n) is 4.94. The summed E-state index contributed by atoms with van der Waals surface area (Å²) in [5, 5.41) is 10.2. The van der Waals surface area contributed by atoms with E-state index in [9.17, 15) is 9.59 Å². The molecule has 0 unspecified atom stereocenters. The van der Waals surface area contributed by atoms with Crippen LogP contribution in [-0.4, -0.2) is 52.6 Å². The van der Waals surface area contributed by atoms with Crippen molar-refractivity contribution in [1.82, 2.24) is 20.2 Å². The van der Waals surface area contributed by atoms with Crippen LogP contribution in [0.5, 0.6) is 5.75 Å². The molecule has 10 heteroatoms. The Morgan fingerprint density at radius 1 is 1.21 bits per heavy atom. The van der Waals surface area contributed by atoms with E-state index in [2.05, 4.69) is 15.3 Å². The molecule has 2 amide bonds. The maximum Gasteiger partial charge on any atom is 0.254 e. The van der Waals surface area contributed by atoms with Crippen molar-refractivity contribution in [1.29, 1.82) is 0 Å². The number of fused-ring (bicyclic) bond motifs is 1. The Balaban J connectivity index is 0.00000149. The van der Waals surface area contributed by atoms with Gasteiger partial charge in [0, 0.05) is 31.3 Å². The third-order valence-corrected chi connectivity index (χ3v) is 5.39. The van der Waals surface area contributed by atoms with E-state index >= 15 is 0 Å². The number of carbonyl (C=O) groups excluding carboxylic acids is 2. The zero-order valence-corrected chi connectivity index (χ0v) is 19.5. The molecule has 0 aliphatic carbocycles. The lowest BCUT2D eigenvalue weighted by Gasteiger charge is -2.15. The molecule has 4 rings (SSSR count). The predicted molar refractivity (Wildman–Crippen MR) is 125 cm³/mol. The van der Waals surface area contributed by atoms with Crippen LogP contribution in [0.4, 0.5) is 0 Å². The van der Waals surface area contributed by atoms with Crippen LogP contribution in [0.2, 0.25) is 10.3 Å². The molecule has 1 aromatic heterocycles. The summed E-state index contributed by atoms with van der Waals surface area (Å²) < 4.78 is 5.19. The minimum absolute atomic E-state index is 0.0348. The van der Waals surface area contributed by atoms with Crippen molar-refractivity contribution >= 4 is 35.0 Å². The molecule has 2 heterocycles. The fourth-order valence-electron chi connectivity index (χ4n) is 3.40. The van der Waals surface area contributed by atoms with Crippen molar-refractivity contribution in [3.05, 3.63) is 75.7 Å². The monoisotopic (exact) mass is 488 g/mol. The summed E-state index contributed by atoms with van der Waals surface area (Å²) in [5.41, 5.74) is 3.38. The topological polar surface area (TPSA) is 105 Å². The zero-order valence-electron chi connectivity index (χ0n) is 18.0. The van der Waals surface area contributed by atoms with Gasteiger partial charge in [-0.25, -0.2) is 9.97 Å². The second-order valence-electron chi connectivity index (χ2n) is 7.00. The number of hydrogen-bond donors (Lipinski definition) is 2. The van der Waals surface area contributed by atoms with E-state index in [-0.39, 0.29) is 23.6 Å². The fourth-order valence-corrected chi connectivity index (χ4v) is 3.73. The normalized spacial score (nSPS) is 12.0. The third kappa shape index (κ3) is 5.78. The first-order valence-electron chi connectivity index (χ1n) is 9.89. The number of methoxy groups -OCH3 is 1. The summed E-state index contributed by atoms with van der Waals surface area (Å²) in [5.74, 6) is 0.261. The Kier molecular flexibility index (Phi) is 8.21. The summed E-state index contributed by atoms with van der Waals surface area (Å²) >= 11 is 12.1. The Labute approximate surface area is 201 Å². The number of aliphatic hydroxyl groups excluding tert-OH is 1. The fraction of sp³-hybridized carbons (Fsp3) is 0.217. The highest BCUT2D eigenvalue weighted by Gasteiger charge is 2.29. The van der Waals surface area contributed by atoms with Gasteiger partial charge in [0.25, 0.3) is 5.91 Å². The van der Waals surface area contributed by atoms with Gasteiger partial charge in [-0.15, -0.1) is 0 Å². The first kappa shape index (κ1) is 24.4. The summed E-state index contributed by atoms with van der Waals surface area (Å²) in [4.78, 5) is 34.8. The molecule has 0 radical (unpaired) electrons. The van der Waals surface area contributed by atoms with Crippen LogP contribution in [0.15, 0.2) is 48.7 Å². The molecule has 3 aromatic rings. The number of carbonyl (C=O) groups is 2. The smallest absolute Gasteiger partial charge is 0.254 e. The molecule has 1 aliphatic heterocycles. The first-order valence-corrected chi connectivity index (χ1v) is 10.6. The van der Waals surface area contributed by atoms with Crippen molar-refractivity contribution in [3.8, 4) is 17.0 Å². The molecule has 33 heavy (non-hydrogen) atoms. The molecule has 0 atom stereocenters. The number of aromatic nitrogens is 2. The van der Waals surface area contributed by atoms with E-state index in [1.54, 1.807) is 13.2 Å². The molecular weight excluding hydrogens is 467 g/mol. The van der Waals surface area contributed by atoms with Crippen molar-refractivity contribution in [2.45, 2.75) is 13.1 Å². The SMILES string of the molecule is CO.COc1cccc(CNC(=O)CN2Cc3ccc(-c4nc(Cl)ncc4Cl)cc3C2=O)c1. The highest BCUT2D eigenvalue weighted by molar-refractivity contribution is 6.33. The molecule has 1 aliphatic rings. The molecule has 172 valence electrons. The van der Waals surface area contributed by atoms with Gasteiger partial charge in [-0.2, -0.15) is 0 Å². The lowest BCUT2D eigenvalue weighted by atomic mass is 10.0. The molecule has 8 nitrogen and oxygen atoms in total. The number of aliphatic hydroxyl groups is 1. The number of benzene rings is 2. The van der Waals surface area contributed by atoms with Gasteiger partial charge in [-0.05, 0) is 40.9 Å². The number of halogens is 2. The number of nitrogens with one attached hydrogen (secondary N) is 1. The molecule has 2 aromatic carbocycles. The number of rotatable bonds is 6. The summed E-state index contributed by atoms with van der Waals surface area (Å²) in [6.07, 6.45) is 1.42. The van der Waals surface area contributed by atoms with E-state index < -0.39 is 0 Å². The van der Waals surface area contributed by atoms with Gasteiger partial charge in [-0.1, -0.05) is 35.9 Å².